The molecule has 0 bridgehead atoms. The Balaban J connectivity index is 1.89. The number of ether oxygens (including phenoxy) is 2. The first-order valence-corrected chi connectivity index (χ1v) is 9.63. The van der Waals surface area contributed by atoms with Gasteiger partial charge >= 0.3 is 5.97 Å². The highest BCUT2D eigenvalue weighted by atomic mass is 16.5. The number of carbonyl (C=O) groups is 2. The van der Waals surface area contributed by atoms with Crippen molar-refractivity contribution in [2.75, 3.05) is 18.5 Å². The molecule has 152 valence electrons. The lowest BCUT2D eigenvalue weighted by Crippen LogP contribution is -2.13. The average molecular weight is 393 g/mol. The van der Waals surface area contributed by atoms with Crippen LogP contribution in [-0.2, 0) is 16.0 Å². The molecular weight excluding hydrogens is 366 g/mol. The number of unbranched alkanes of at least 4 members (excludes halogenated alkanes) is 1. The van der Waals surface area contributed by atoms with E-state index >= 15 is 0 Å². The summed E-state index contributed by atoms with van der Waals surface area (Å²) in [5.41, 5.74) is 1.93. The molecule has 2 aromatic rings. The first kappa shape index (κ1) is 22.0. The summed E-state index contributed by atoms with van der Waals surface area (Å²) in [7, 11) is 0. The zero-order valence-corrected chi connectivity index (χ0v) is 16.6. The zero-order valence-electron chi connectivity index (χ0n) is 16.6. The molecule has 0 radical (unpaired) electrons. The number of hydrogen-bond acceptors (Lipinski definition) is 4. The Hall–Kier alpha value is -3.34. The lowest BCUT2D eigenvalue weighted by molar-refractivity contribution is -0.116. The van der Waals surface area contributed by atoms with Crippen LogP contribution in [0.1, 0.15) is 35.2 Å². The topological polar surface area (TPSA) is 64.6 Å². The molecule has 0 atom stereocenters. The maximum atomic E-state index is 12.3. The van der Waals surface area contributed by atoms with Crippen LogP contribution in [0.4, 0.5) is 5.69 Å². The lowest BCUT2D eigenvalue weighted by Gasteiger charge is -2.11. The van der Waals surface area contributed by atoms with Gasteiger partial charge in [0.15, 0.2) is 0 Å². The number of para-hydroxylation sites is 1. The van der Waals surface area contributed by atoms with Crippen molar-refractivity contribution in [2.24, 2.45) is 0 Å². The summed E-state index contributed by atoms with van der Waals surface area (Å²) >= 11 is 0. The maximum Gasteiger partial charge on any atom is 0.338 e. The second-order valence-corrected chi connectivity index (χ2v) is 6.40. The summed E-state index contributed by atoms with van der Waals surface area (Å²) in [6, 6.07) is 14.4. The van der Waals surface area contributed by atoms with Crippen molar-refractivity contribution in [3.8, 4) is 5.75 Å². The first-order valence-electron chi connectivity index (χ1n) is 9.63. The van der Waals surface area contributed by atoms with Gasteiger partial charge in [0.2, 0.25) is 5.91 Å². The van der Waals surface area contributed by atoms with Crippen molar-refractivity contribution in [3.63, 3.8) is 0 Å². The number of aryl methyl sites for hydroxylation is 1. The molecule has 0 saturated carbocycles. The van der Waals surface area contributed by atoms with Gasteiger partial charge in [-0.1, -0.05) is 43.0 Å². The van der Waals surface area contributed by atoms with Crippen molar-refractivity contribution in [1.29, 1.82) is 0 Å². The molecule has 0 spiro atoms. The third kappa shape index (κ3) is 7.66. The second-order valence-electron chi connectivity index (χ2n) is 6.40. The number of nitrogens with one attached hydrogen (secondary N) is 1. The van der Waals surface area contributed by atoms with Gasteiger partial charge in [-0.25, -0.2) is 4.79 Å². The number of rotatable bonds is 12. The van der Waals surface area contributed by atoms with Gasteiger partial charge < -0.3 is 14.8 Å². The molecule has 0 heterocycles. The second kappa shape index (κ2) is 12.2. The number of hydrogen-bond donors (Lipinski definition) is 1. The van der Waals surface area contributed by atoms with E-state index in [4.69, 9.17) is 9.47 Å². The van der Waals surface area contributed by atoms with E-state index in [1.54, 1.807) is 36.4 Å². The Kier molecular flexibility index (Phi) is 9.22. The largest absolute Gasteiger partial charge is 0.489 e. The predicted molar refractivity (Wildman–Crippen MR) is 115 cm³/mol. The Labute approximate surface area is 172 Å². The molecule has 0 saturated heterocycles. The van der Waals surface area contributed by atoms with Crippen molar-refractivity contribution in [1.82, 2.24) is 0 Å². The van der Waals surface area contributed by atoms with Gasteiger partial charge in [-0.2, -0.15) is 0 Å². The molecule has 2 aromatic carbocycles. The van der Waals surface area contributed by atoms with Crippen molar-refractivity contribution in [3.05, 3.63) is 85.0 Å². The summed E-state index contributed by atoms with van der Waals surface area (Å²) in [4.78, 5) is 24.4. The lowest BCUT2D eigenvalue weighted by atomic mass is 10.1. The molecular formula is C24H27NO4. The molecule has 29 heavy (non-hydrogen) atoms. The number of benzene rings is 2. The van der Waals surface area contributed by atoms with Gasteiger partial charge in [0, 0.05) is 12.1 Å². The van der Waals surface area contributed by atoms with Gasteiger partial charge in [0.1, 0.15) is 12.4 Å². The molecule has 0 fully saturated rings. The van der Waals surface area contributed by atoms with E-state index in [-0.39, 0.29) is 5.91 Å². The zero-order chi connectivity index (χ0) is 20.9. The van der Waals surface area contributed by atoms with E-state index < -0.39 is 5.97 Å². The molecule has 1 N–H and O–H groups in total. The number of allylic oxidation sites excluding steroid dienone is 1. The van der Waals surface area contributed by atoms with Crippen LogP contribution < -0.4 is 10.1 Å². The van der Waals surface area contributed by atoms with Crippen LogP contribution in [0, 0.1) is 0 Å². The standard InChI is InChI=1S/C24H27NO4/c1-3-5-8-17-29-24(27)20-11-9-12-21(18-20)25-23(26)15-14-19-10-6-7-13-22(19)28-16-4-2/h3-4,6-7,9-13,18H,1-2,5,8,14-17H2,(H,25,26). The van der Waals surface area contributed by atoms with E-state index in [0.29, 0.717) is 37.3 Å². The van der Waals surface area contributed by atoms with Crippen LogP contribution in [0.5, 0.6) is 5.75 Å². The number of carbonyl (C=O) groups excluding carboxylic acids is 2. The highest BCUT2D eigenvalue weighted by Crippen LogP contribution is 2.20. The van der Waals surface area contributed by atoms with Crippen LogP contribution in [0.25, 0.3) is 0 Å². The SMILES string of the molecule is C=CCCCOC(=O)c1cccc(NC(=O)CCc2ccccc2OCC=C)c1. The summed E-state index contributed by atoms with van der Waals surface area (Å²) < 4.78 is 10.8. The van der Waals surface area contributed by atoms with Gasteiger partial charge in [0.05, 0.1) is 12.2 Å². The fourth-order valence-corrected chi connectivity index (χ4v) is 2.67. The minimum absolute atomic E-state index is 0.139. The van der Waals surface area contributed by atoms with Crippen LogP contribution in [0.15, 0.2) is 73.8 Å². The van der Waals surface area contributed by atoms with Crippen molar-refractivity contribution < 1.29 is 19.1 Å². The number of esters is 1. The van der Waals surface area contributed by atoms with E-state index in [9.17, 15) is 9.59 Å². The third-order valence-electron chi connectivity index (χ3n) is 4.12. The van der Waals surface area contributed by atoms with Gasteiger partial charge in [-0.15, -0.1) is 6.58 Å². The molecule has 1 amide bonds. The van der Waals surface area contributed by atoms with Gasteiger partial charge in [-0.05, 0) is 49.1 Å². The number of amides is 1. The Morgan fingerprint density at radius 2 is 1.86 bits per heavy atom. The Bertz CT molecular complexity index is 844. The Morgan fingerprint density at radius 3 is 2.66 bits per heavy atom. The van der Waals surface area contributed by atoms with Gasteiger partial charge in [0.25, 0.3) is 0 Å². The van der Waals surface area contributed by atoms with Crippen LogP contribution in [0.2, 0.25) is 0 Å². The van der Waals surface area contributed by atoms with Crippen LogP contribution in [0.3, 0.4) is 0 Å². The molecule has 0 aromatic heterocycles. The molecule has 0 aliphatic heterocycles. The monoisotopic (exact) mass is 393 g/mol. The quantitative estimate of drug-likeness (QED) is 0.315. The molecule has 5 heteroatoms. The molecule has 0 aliphatic carbocycles. The highest BCUT2D eigenvalue weighted by molar-refractivity contribution is 5.94. The molecule has 0 aliphatic rings. The summed E-state index contributed by atoms with van der Waals surface area (Å²) in [5.74, 6) is 0.208. The minimum atomic E-state index is -0.404. The fourth-order valence-electron chi connectivity index (χ4n) is 2.67. The van der Waals surface area contributed by atoms with E-state index in [2.05, 4.69) is 18.5 Å². The van der Waals surface area contributed by atoms with E-state index in [1.807, 2.05) is 24.3 Å². The number of anilines is 1. The molecule has 2 rings (SSSR count). The summed E-state index contributed by atoms with van der Waals surface area (Å²) in [5, 5.41) is 2.83. The van der Waals surface area contributed by atoms with E-state index in [0.717, 1.165) is 24.2 Å². The predicted octanol–water partition coefficient (Wildman–Crippen LogP) is 4.95. The first-order chi connectivity index (χ1) is 14.1. The molecule has 5 nitrogen and oxygen atoms in total. The summed E-state index contributed by atoms with van der Waals surface area (Å²) in [6.45, 7) is 8.04. The van der Waals surface area contributed by atoms with Crippen molar-refractivity contribution >= 4 is 17.6 Å². The third-order valence-corrected chi connectivity index (χ3v) is 4.12. The van der Waals surface area contributed by atoms with Crippen LogP contribution in [-0.4, -0.2) is 25.1 Å². The highest BCUT2D eigenvalue weighted by Gasteiger charge is 2.10. The average Bonchev–Trinajstić information content (AvgIpc) is 2.74. The fraction of sp³-hybridized carbons (Fsp3) is 0.250. The summed E-state index contributed by atoms with van der Waals surface area (Å²) in [6.07, 6.45) is 5.85. The van der Waals surface area contributed by atoms with Crippen molar-refractivity contribution in [2.45, 2.75) is 25.7 Å². The van der Waals surface area contributed by atoms with Gasteiger partial charge in [-0.3, -0.25) is 4.79 Å². The van der Waals surface area contributed by atoms with E-state index in [1.165, 1.54) is 0 Å². The minimum Gasteiger partial charge on any atom is -0.489 e. The molecule has 0 unspecified atom stereocenters. The van der Waals surface area contributed by atoms with Crippen LogP contribution >= 0.6 is 0 Å². The Morgan fingerprint density at radius 1 is 1.03 bits per heavy atom. The normalized spacial score (nSPS) is 10.1. The smallest absolute Gasteiger partial charge is 0.338 e. The maximum absolute atomic E-state index is 12.3.